The third-order valence-electron chi connectivity index (χ3n) is 3.68. The molecule has 7 nitrogen and oxygen atoms in total. The minimum atomic E-state index is -0.385. The predicted molar refractivity (Wildman–Crippen MR) is 97.9 cm³/mol. The smallest absolute Gasteiger partial charge is 0.283 e. The van der Waals surface area contributed by atoms with Gasteiger partial charge in [0, 0.05) is 0 Å². The Kier molecular flexibility index (Phi) is 3.91. The number of thiophene rings is 1. The first kappa shape index (κ1) is 16.1. The Labute approximate surface area is 159 Å². The number of aromatic nitrogens is 6. The van der Waals surface area contributed by atoms with Crippen LogP contribution in [0.1, 0.15) is 0 Å². The molecule has 10 heteroatoms. The van der Waals surface area contributed by atoms with Crippen LogP contribution in [-0.2, 0) is 0 Å². The van der Waals surface area contributed by atoms with Crippen LogP contribution in [-0.4, -0.2) is 30.0 Å². The second-order valence-corrected chi connectivity index (χ2v) is 7.32. The molecule has 0 bridgehead atoms. The van der Waals surface area contributed by atoms with Crippen molar-refractivity contribution in [3.8, 4) is 22.2 Å². The summed E-state index contributed by atoms with van der Waals surface area (Å²) in [4.78, 5) is 0.901. The fourth-order valence-electron chi connectivity index (χ4n) is 2.48. The van der Waals surface area contributed by atoms with E-state index in [0.717, 1.165) is 4.88 Å². The number of halogens is 1. The lowest BCUT2D eigenvalue weighted by Crippen LogP contribution is -1.97. The summed E-state index contributed by atoms with van der Waals surface area (Å²) in [5.41, 5.74) is 0.847. The molecule has 5 rings (SSSR count). The Morgan fingerprint density at radius 1 is 0.963 bits per heavy atom. The zero-order valence-electron chi connectivity index (χ0n) is 13.5. The zero-order valence-corrected chi connectivity index (χ0v) is 15.1. The van der Waals surface area contributed by atoms with Crippen molar-refractivity contribution >= 4 is 28.7 Å². The van der Waals surface area contributed by atoms with E-state index in [4.69, 9.17) is 4.42 Å². The molecule has 4 aromatic heterocycles. The molecule has 5 aromatic rings. The van der Waals surface area contributed by atoms with Crippen molar-refractivity contribution in [2.45, 2.75) is 10.2 Å². The molecule has 132 valence electrons. The van der Waals surface area contributed by atoms with Gasteiger partial charge in [-0.25, -0.2) is 4.39 Å². The van der Waals surface area contributed by atoms with Gasteiger partial charge in [0.25, 0.3) is 11.1 Å². The maximum atomic E-state index is 14.1. The van der Waals surface area contributed by atoms with Crippen molar-refractivity contribution in [1.82, 2.24) is 30.0 Å². The molecule has 0 aliphatic rings. The monoisotopic (exact) mass is 396 g/mol. The highest BCUT2D eigenvalue weighted by Crippen LogP contribution is 2.30. The molecule has 0 aliphatic carbocycles. The Balaban J connectivity index is 1.50. The summed E-state index contributed by atoms with van der Waals surface area (Å²) in [6, 6.07) is 13.7. The van der Waals surface area contributed by atoms with E-state index >= 15 is 0 Å². The molecule has 0 aliphatic heterocycles. The topological polar surface area (TPSA) is 82.0 Å². The van der Waals surface area contributed by atoms with Gasteiger partial charge in [0.1, 0.15) is 10.8 Å². The van der Waals surface area contributed by atoms with Crippen molar-refractivity contribution in [3.05, 3.63) is 59.7 Å². The Morgan fingerprint density at radius 3 is 2.74 bits per heavy atom. The van der Waals surface area contributed by atoms with Gasteiger partial charge < -0.3 is 4.42 Å². The first-order valence-corrected chi connectivity index (χ1v) is 9.50. The molecule has 0 radical (unpaired) electrons. The normalized spacial score (nSPS) is 11.3. The fraction of sp³-hybridized carbons (Fsp3) is 0. The average Bonchev–Trinajstić information content (AvgIpc) is 3.42. The van der Waals surface area contributed by atoms with E-state index in [-0.39, 0.29) is 5.82 Å². The highest BCUT2D eigenvalue weighted by molar-refractivity contribution is 7.99. The van der Waals surface area contributed by atoms with Crippen molar-refractivity contribution in [2.24, 2.45) is 0 Å². The van der Waals surface area contributed by atoms with Crippen LogP contribution in [0.2, 0.25) is 0 Å². The number of benzene rings is 1. The van der Waals surface area contributed by atoms with Crippen LogP contribution in [0.3, 0.4) is 0 Å². The molecule has 0 saturated heterocycles. The van der Waals surface area contributed by atoms with E-state index < -0.39 is 0 Å². The van der Waals surface area contributed by atoms with Gasteiger partial charge in [-0.3, -0.25) is 0 Å². The summed E-state index contributed by atoms with van der Waals surface area (Å²) >= 11 is 2.74. The van der Waals surface area contributed by atoms with Crippen LogP contribution in [0, 0.1) is 5.82 Å². The lowest BCUT2D eigenvalue weighted by atomic mass is 10.2. The maximum Gasteiger partial charge on any atom is 0.283 e. The number of hydrogen-bond acceptors (Lipinski definition) is 8. The van der Waals surface area contributed by atoms with Crippen LogP contribution < -0.4 is 0 Å². The quantitative estimate of drug-likeness (QED) is 0.450. The molecule has 0 spiro atoms. The minimum Gasteiger partial charge on any atom is -0.410 e. The first-order valence-electron chi connectivity index (χ1n) is 7.80. The standard InChI is InChI=1S/C17H9FN6OS2/c18-11-5-2-1-4-10(11)15-20-19-13-7-8-14(23-24(13)15)27-17-22-21-16(25-17)12-6-3-9-26-12/h1-9H. The number of hydrogen-bond donors (Lipinski definition) is 0. The fourth-order valence-corrected chi connectivity index (χ4v) is 3.76. The number of fused-ring (bicyclic) bond motifs is 1. The SMILES string of the molecule is Fc1ccccc1-c1nnc2ccc(Sc3nnc(-c4cccs4)o3)nn12. The van der Waals surface area contributed by atoms with Crippen LogP contribution in [0.25, 0.3) is 27.8 Å². The molecule has 0 amide bonds. The van der Waals surface area contributed by atoms with E-state index in [9.17, 15) is 4.39 Å². The minimum absolute atomic E-state index is 0.329. The molecule has 4 heterocycles. The molecule has 1 aromatic carbocycles. The van der Waals surface area contributed by atoms with Crippen molar-refractivity contribution in [2.75, 3.05) is 0 Å². The van der Waals surface area contributed by atoms with Crippen molar-refractivity contribution in [1.29, 1.82) is 0 Å². The lowest BCUT2D eigenvalue weighted by molar-refractivity contribution is 0.466. The molecule has 0 fully saturated rings. The van der Waals surface area contributed by atoms with E-state index in [0.29, 0.717) is 33.2 Å². The Morgan fingerprint density at radius 2 is 1.89 bits per heavy atom. The molecule has 0 atom stereocenters. The summed E-state index contributed by atoms with van der Waals surface area (Å²) in [5.74, 6) is 0.407. The first-order chi connectivity index (χ1) is 13.3. The van der Waals surface area contributed by atoms with Crippen LogP contribution in [0.15, 0.2) is 68.6 Å². The summed E-state index contributed by atoms with van der Waals surface area (Å²) in [7, 11) is 0. The molecular formula is C17H9FN6OS2. The van der Waals surface area contributed by atoms with Gasteiger partial charge in [0.15, 0.2) is 11.5 Å². The van der Waals surface area contributed by atoms with Gasteiger partial charge in [-0.2, -0.15) is 9.61 Å². The van der Waals surface area contributed by atoms with Crippen LogP contribution in [0.4, 0.5) is 4.39 Å². The van der Waals surface area contributed by atoms with Gasteiger partial charge >= 0.3 is 0 Å². The maximum absolute atomic E-state index is 14.1. The summed E-state index contributed by atoms with van der Waals surface area (Å²) in [6.07, 6.45) is 0. The third-order valence-corrected chi connectivity index (χ3v) is 5.31. The van der Waals surface area contributed by atoms with Gasteiger partial charge in [0.05, 0.1) is 10.4 Å². The van der Waals surface area contributed by atoms with Gasteiger partial charge in [-0.05, 0) is 47.5 Å². The second kappa shape index (κ2) is 6.56. The van der Waals surface area contributed by atoms with Crippen molar-refractivity contribution in [3.63, 3.8) is 0 Å². The summed E-state index contributed by atoms with van der Waals surface area (Å²) in [6.45, 7) is 0. The predicted octanol–water partition coefficient (Wildman–Crippen LogP) is 4.19. The van der Waals surface area contributed by atoms with E-state index in [1.807, 2.05) is 17.5 Å². The number of rotatable bonds is 4. The van der Waals surface area contributed by atoms with E-state index in [1.54, 1.807) is 30.3 Å². The Hall–Kier alpha value is -3.11. The molecular weight excluding hydrogens is 387 g/mol. The van der Waals surface area contributed by atoms with Gasteiger partial charge in [-0.1, -0.05) is 18.2 Å². The average molecular weight is 396 g/mol. The van der Waals surface area contributed by atoms with E-state index in [2.05, 4.69) is 25.5 Å². The largest absolute Gasteiger partial charge is 0.410 e. The molecule has 0 saturated carbocycles. The van der Waals surface area contributed by atoms with E-state index in [1.165, 1.54) is 33.7 Å². The highest BCUT2D eigenvalue weighted by atomic mass is 32.2. The van der Waals surface area contributed by atoms with Gasteiger partial charge in [-0.15, -0.1) is 31.7 Å². The molecule has 0 N–H and O–H groups in total. The number of nitrogens with zero attached hydrogens (tertiary/aromatic N) is 6. The summed E-state index contributed by atoms with van der Waals surface area (Å²) in [5, 5.41) is 23.6. The molecule has 27 heavy (non-hydrogen) atoms. The third kappa shape index (κ3) is 2.98. The second-order valence-electron chi connectivity index (χ2n) is 5.40. The Bertz CT molecular complexity index is 1230. The van der Waals surface area contributed by atoms with Crippen molar-refractivity contribution < 1.29 is 8.81 Å². The molecule has 0 unspecified atom stereocenters. The zero-order chi connectivity index (χ0) is 18.2. The summed E-state index contributed by atoms with van der Waals surface area (Å²) < 4.78 is 21.3. The van der Waals surface area contributed by atoms with Crippen LogP contribution in [0.5, 0.6) is 0 Å². The van der Waals surface area contributed by atoms with Gasteiger partial charge in [0.2, 0.25) is 0 Å². The lowest BCUT2D eigenvalue weighted by Gasteiger charge is -2.02. The van der Waals surface area contributed by atoms with Crippen LogP contribution >= 0.6 is 23.1 Å². The highest BCUT2D eigenvalue weighted by Gasteiger charge is 2.16.